The maximum absolute atomic E-state index is 11.4. The van der Waals surface area contributed by atoms with Crippen LogP contribution in [0.3, 0.4) is 0 Å². The van der Waals surface area contributed by atoms with Crippen LogP contribution in [0.2, 0.25) is 0 Å². The van der Waals surface area contributed by atoms with Crippen molar-refractivity contribution >= 4 is 5.91 Å². The van der Waals surface area contributed by atoms with Gasteiger partial charge in [-0.2, -0.15) is 0 Å². The number of amides is 1. The normalized spacial score (nSPS) is 10.1. The monoisotopic (exact) mass is 221 g/mol. The molecule has 1 heterocycles. The fourth-order valence-corrected chi connectivity index (χ4v) is 1.27. The van der Waals surface area contributed by atoms with Crippen LogP contribution < -0.4 is 10.6 Å². The highest BCUT2D eigenvalue weighted by molar-refractivity contribution is 5.76. The van der Waals surface area contributed by atoms with Gasteiger partial charge in [0.15, 0.2) is 0 Å². The molecule has 0 aromatic carbocycles. The zero-order valence-electron chi connectivity index (χ0n) is 9.92. The summed E-state index contributed by atoms with van der Waals surface area (Å²) in [6.45, 7) is 6.15. The summed E-state index contributed by atoms with van der Waals surface area (Å²) in [5, 5.41) is 5.97. The van der Waals surface area contributed by atoms with Crippen molar-refractivity contribution in [3.8, 4) is 0 Å². The lowest BCUT2D eigenvalue weighted by atomic mass is 10.2. The topological polar surface area (TPSA) is 54.0 Å². The first-order valence-corrected chi connectivity index (χ1v) is 5.61. The van der Waals surface area contributed by atoms with Gasteiger partial charge in [-0.25, -0.2) is 0 Å². The minimum atomic E-state index is 0.0709. The zero-order valence-corrected chi connectivity index (χ0v) is 9.92. The molecule has 4 heteroatoms. The number of hydrogen-bond donors (Lipinski definition) is 2. The van der Waals surface area contributed by atoms with Crippen molar-refractivity contribution in [3.63, 3.8) is 0 Å². The van der Waals surface area contributed by atoms with Gasteiger partial charge in [-0.05, 0) is 25.1 Å². The van der Waals surface area contributed by atoms with Crippen molar-refractivity contribution in [2.45, 2.75) is 26.8 Å². The van der Waals surface area contributed by atoms with Gasteiger partial charge in [0.1, 0.15) is 0 Å². The molecule has 16 heavy (non-hydrogen) atoms. The van der Waals surface area contributed by atoms with Crippen molar-refractivity contribution in [3.05, 3.63) is 29.6 Å². The van der Waals surface area contributed by atoms with E-state index in [1.165, 1.54) is 0 Å². The zero-order chi connectivity index (χ0) is 11.8. The van der Waals surface area contributed by atoms with Crippen LogP contribution in [-0.4, -0.2) is 24.0 Å². The molecule has 0 fully saturated rings. The Balaban J connectivity index is 2.23. The Hall–Kier alpha value is -1.42. The third-order valence-corrected chi connectivity index (χ3v) is 2.24. The Kier molecular flexibility index (Phi) is 5.50. The summed E-state index contributed by atoms with van der Waals surface area (Å²) in [6, 6.07) is 3.92. The van der Waals surface area contributed by atoms with E-state index >= 15 is 0 Å². The van der Waals surface area contributed by atoms with E-state index in [0.29, 0.717) is 13.0 Å². The summed E-state index contributed by atoms with van der Waals surface area (Å²) in [7, 11) is 0. The van der Waals surface area contributed by atoms with E-state index in [1.807, 2.05) is 26.0 Å². The van der Waals surface area contributed by atoms with Crippen LogP contribution in [-0.2, 0) is 11.3 Å². The van der Waals surface area contributed by atoms with E-state index in [-0.39, 0.29) is 5.91 Å². The van der Waals surface area contributed by atoms with Crippen LogP contribution in [0.5, 0.6) is 0 Å². The second-order valence-electron chi connectivity index (χ2n) is 3.69. The average Bonchev–Trinajstić information content (AvgIpc) is 2.29. The summed E-state index contributed by atoms with van der Waals surface area (Å²) < 4.78 is 0. The van der Waals surface area contributed by atoms with Gasteiger partial charge in [-0.15, -0.1) is 0 Å². The molecule has 4 nitrogen and oxygen atoms in total. The second kappa shape index (κ2) is 6.95. The number of rotatable bonds is 6. The molecule has 1 aromatic rings. The first-order valence-electron chi connectivity index (χ1n) is 5.61. The summed E-state index contributed by atoms with van der Waals surface area (Å²) in [5.41, 5.74) is 2.02. The van der Waals surface area contributed by atoms with Gasteiger partial charge in [-0.1, -0.05) is 13.0 Å². The number of hydrogen-bond acceptors (Lipinski definition) is 3. The fraction of sp³-hybridized carbons (Fsp3) is 0.500. The van der Waals surface area contributed by atoms with Gasteiger partial charge in [-0.3, -0.25) is 9.78 Å². The number of aryl methyl sites for hydroxylation is 1. The van der Waals surface area contributed by atoms with Crippen LogP contribution in [0.15, 0.2) is 18.3 Å². The van der Waals surface area contributed by atoms with Gasteiger partial charge < -0.3 is 10.6 Å². The third-order valence-electron chi connectivity index (χ3n) is 2.24. The molecule has 0 aliphatic heterocycles. The molecule has 2 N–H and O–H groups in total. The van der Waals surface area contributed by atoms with Crippen molar-refractivity contribution in [2.75, 3.05) is 13.1 Å². The summed E-state index contributed by atoms with van der Waals surface area (Å²) in [5.74, 6) is 0.0709. The van der Waals surface area contributed by atoms with E-state index in [9.17, 15) is 4.79 Å². The number of carbonyl (C=O) groups excluding carboxylic acids is 1. The molecule has 0 saturated carbocycles. The Bertz CT molecular complexity index is 322. The Morgan fingerprint density at radius 1 is 1.44 bits per heavy atom. The Labute approximate surface area is 96.5 Å². The van der Waals surface area contributed by atoms with Crippen molar-refractivity contribution < 1.29 is 4.79 Å². The third kappa shape index (κ3) is 4.89. The maximum Gasteiger partial charge on any atom is 0.221 e. The lowest BCUT2D eigenvalue weighted by molar-refractivity contribution is -0.121. The maximum atomic E-state index is 11.4. The highest BCUT2D eigenvalue weighted by atomic mass is 16.1. The average molecular weight is 221 g/mol. The molecular formula is C12H19N3O. The number of nitrogens with zero attached hydrogens (tertiary/aromatic N) is 1. The SMILES string of the molecule is CCNCCC(=O)NCc1ccc(C)nc1. The lowest BCUT2D eigenvalue weighted by Gasteiger charge is -2.05. The van der Waals surface area contributed by atoms with E-state index < -0.39 is 0 Å². The van der Waals surface area contributed by atoms with E-state index in [4.69, 9.17) is 0 Å². The quantitative estimate of drug-likeness (QED) is 0.705. The number of carbonyl (C=O) groups is 1. The first kappa shape index (κ1) is 12.6. The van der Waals surface area contributed by atoms with Crippen LogP contribution in [0.4, 0.5) is 0 Å². The van der Waals surface area contributed by atoms with E-state index in [2.05, 4.69) is 15.6 Å². The minimum absolute atomic E-state index is 0.0709. The molecule has 1 amide bonds. The molecule has 0 aliphatic carbocycles. The van der Waals surface area contributed by atoms with Gasteiger partial charge in [0.25, 0.3) is 0 Å². The van der Waals surface area contributed by atoms with Crippen LogP contribution in [0, 0.1) is 6.92 Å². The predicted octanol–water partition coefficient (Wildman–Crippen LogP) is 1.01. The van der Waals surface area contributed by atoms with Gasteiger partial charge in [0.2, 0.25) is 5.91 Å². The Morgan fingerprint density at radius 3 is 2.88 bits per heavy atom. The van der Waals surface area contributed by atoms with Gasteiger partial charge in [0.05, 0.1) is 0 Å². The molecule has 1 aromatic heterocycles. The van der Waals surface area contributed by atoms with Crippen molar-refractivity contribution in [1.82, 2.24) is 15.6 Å². The molecule has 0 saturated heterocycles. The molecule has 0 bridgehead atoms. The molecular weight excluding hydrogens is 202 g/mol. The molecule has 0 atom stereocenters. The molecule has 0 radical (unpaired) electrons. The minimum Gasteiger partial charge on any atom is -0.352 e. The number of nitrogens with one attached hydrogen (secondary N) is 2. The summed E-state index contributed by atoms with van der Waals surface area (Å²) in [6.07, 6.45) is 2.31. The summed E-state index contributed by atoms with van der Waals surface area (Å²) in [4.78, 5) is 15.6. The molecule has 88 valence electrons. The van der Waals surface area contributed by atoms with Crippen LogP contribution in [0.1, 0.15) is 24.6 Å². The van der Waals surface area contributed by atoms with Crippen molar-refractivity contribution in [1.29, 1.82) is 0 Å². The van der Waals surface area contributed by atoms with Gasteiger partial charge >= 0.3 is 0 Å². The van der Waals surface area contributed by atoms with Crippen LogP contribution >= 0.6 is 0 Å². The fourth-order valence-electron chi connectivity index (χ4n) is 1.27. The molecule has 0 spiro atoms. The lowest BCUT2D eigenvalue weighted by Crippen LogP contribution is -2.27. The van der Waals surface area contributed by atoms with Gasteiger partial charge in [0, 0.05) is 31.4 Å². The van der Waals surface area contributed by atoms with Crippen molar-refractivity contribution in [2.24, 2.45) is 0 Å². The molecule has 0 unspecified atom stereocenters. The second-order valence-corrected chi connectivity index (χ2v) is 3.69. The number of aromatic nitrogens is 1. The molecule has 1 rings (SSSR count). The number of pyridine rings is 1. The van der Waals surface area contributed by atoms with E-state index in [1.54, 1.807) is 6.20 Å². The Morgan fingerprint density at radius 2 is 2.25 bits per heavy atom. The first-order chi connectivity index (χ1) is 7.72. The predicted molar refractivity (Wildman–Crippen MR) is 64.0 cm³/mol. The highest BCUT2D eigenvalue weighted by Gasteiger charge is 2.00. The standard InChI is InChI=1S/C12H19N3O/c1-3-13-7-6-12(16)15-9-11-5-4-10(2)14-8-11/h4-5,8,13H,3,6-7,9H2,1-2H3,(H,15,16). The largest absolute Gasteiger partial charge is 0.352 e. The van der Waals surface area contributed by atoms with Crippen LogP contribution in [0.25, 0.3) is 0 Å². The molecule has 0 aliphatic rings. The van der Waals surface area contributed by atoms with E-state index in [0.717, 1.165) is 24.3 Å². The summed E-state index contributed by atoms with van der Waals surface area (Å²) >= 11 is 0. The smallest absolute Gasteiger partial charge is 0.221 e. The highest BCUT2D eigenvalue weighted by Crippen LogP contribution is 1.98.